The highest BCUT2D eigenvalue weighted by molar-refractivity contribution is 14.1. The summed E-state index contributed by atoms with van der Waals surface area (Å²) in [5.41, 5.74) is 0.499. The second-order valence-corrected chi connectivity index (χ2v) is 4.76. The van der Waals surface area contributed by atoms with Crippen molar-refractivity contribution >= 4 is 23.0 Å². The van der Waals surface area contributed by atoms with Gasteiger partial charge in [-0.1, -0.05) is 0 Å². The molecule has 0 bridgehead atoms. The van der Waals surface area contributed by atoms with Gasteiger partial charge in [0.25, 0.3) is 0 Å². The first-order valence-electron chi connectivity index (χ1n) is 4.88. The van der Waals surface area contributed by atoms with Crippen molar-refractivity contribution < 1.29 is 7.80 Å². The van der Waals surface area contributed by atoms with Gasteiger partial charge in [0.2, 0.25) is 0 Å². The second-order valence-electron chi connectivity index (χ2n) is 4.14. The van der Waals surface area contributed by atoms with Crippen molar-refractivity contribution in [2.75, 3.05) is 39.5 Å². The molecule has 1 aliphatic heterocycles. The van der Waals surface area contributed by atoms with Crippen LogP contribution < -0.4 is 0 Å². The zero-order valence-electron chi connectivity index (χ0n) is 7.80. The highest BCUT2D eigenvalue weighted by Gasteiger charge is 2.44. The van der Waals surface area contributed by atoms with Crippen LogP contribution in [0.1, 0.15) is 12.8 Å². The number of rotatable bonds is 4. The van der Waals surface area contributed by atoms with Gasteiger partial charge in [-0.2, -0.15) is 0 Å². The first-order valence-corrected chi connectivity index (χ1v) is 5.76. The lowest BCUT2D eigenvalue weighted by atomic mass is 10.1. The van der Waals surface area contributed by atoms with Gasteiger partial charge in [-0.25, -0.2) is 0 Å². The average Bonchev–Trinajstić information content (AvgIpc) is 2.87. The van der Waals surface area contributed by atoms with E-state index in [1.54, 1.807) is 0 Å². The lowest BCUT2D eigenvalue weighted by Crippen LogP contribution is -2.40. The molecule has 4 heteroatoms. The molecule has 0 amide bonds. The maximum Gasteiger partial charge on any atom is 0.109 e. The van der Waals surface area contributed by atoms with E-state index in [0.29, 0.717) is 5.41 Å². The monoisotopic (exact) mass is 297 g/mol. The Labute approximate surface area is 93.4 Å². The minimum absolute atomic E-state index is 0.499. The summed E-state index contributed by atoms with van der Waals surface area (Å²) >= 11 is 2.00. The van der Waals surface area contributed by atoms with E-state index in [0.717, 1.165) is 32.9 Å². The highest BCUT2D eigenvalue weighted by atomic mass is 127. The Kier molecular flexibility index (Phi) is 3.45. The van der Waals surface area contributed by atoms with Crippen molar-refractivity contribution in [2.24, 2.45) is 5.41 Å². The lowest BCUT2D eigenvalue weighted by Gasteiger charge is -2.30. The van der Waals surface area contributed by atoms with E-state index in [1.165, 1.54) is 19.4 Å². The van der Waals surface area contributed by atoms with Crippen LogP contribution >= 0.6 is 23.0 Å². The van der Waals surface area contributed by atoms with Crippen molar-refractivity contribution in [3.63, 3.8) is 0 Å². The Hall–Kier alpha value is 0.610. The van der Waals surface area contributed by atoms with E-state index in [9.17, 15) is 0 Å². The maximum absolute atomic E-state index is 5.32. The number of hydrogen-bond donors (Lipinski definition) is 0. The molecule has 1 saturated heterocycles. The fourth-order valence-electron chi connectivity index (χ4n) is 1.87. The van der Waals surface area contributed by atoms with E-state index in [1.807, 2.05) is 23.0 Å². The first kappa shape index (κ1) is 10.1. The van der Waals surface area contributed by atoms with Crippen LogP contribution in [0.25, 0.3) is 0 Å². The van der Waals surface area contributed by atoms with Crippen molar-refractivity contribution in [3.8, 4) is 0 Å². The van der Waals surface area contributed by atoms with Crippen LogP contribution in [0.2, 0.25) is 0 Å². The normalized spacial score (nSPS) is 27.5. The Morgan fingerprint density at radius 2 is 2.00 bits per heavy atom. The van der Waals surface area contributed by atoms with Crippen LogP contribution in [-0.2, 0) is 7.80 Å². The van der Waals surface area contributed by atoms with Gasteiger partial charge in [0.1, 0.15) is 23.0 Å². The number of halogens is 1. The molecule has 0 aromatic heterocycles. The summed E-state index contributed by atoms with van der Waals surface area (Å²) in [5, 5.41) is 0. The molecular formula is C9H16INO2. The molecule has 0 spiro atoms. The van der Waals surface area contributed by atoms with Crippen molar-refractivity contribution in [2.45, 2.75) is 12.8 Å². The molecule has 1 aliphatic carbocycles. The third-order valence-electron chi connectivity index (χ3n) is 2.98. The minimum atomic E-state index is 0.499. The van der Waals surface area contributed by atoms with Gasteiger partial charge in [-0.3, -0.25) is 4.90 Å². The average molecular weight is 297 g/mol. The Morgan fingerprint density at radius 1 is 1.31 bits per heavy atom. The molecule has 1 heterocycles. The smallest absolute Gasteiger partial charge is 0.109 e. The summed E-state index contributed by atoms with van der Waals surface area (Å²) in [6.07, 6.45) is 2.68. The summed E-state index contributed by atoms with van der Waals surface area (Å²) in [6, 6.07) is 0. The molecule has 0 unspecified atom stereocenters. The Bertz CT molecular complexity index is 167. The standard InChI is InChI=1S/C9H16INO2/c10-13-8-9(1-2-9)7-11-3-5-12-6-4-11/h1-8H2. The van der Waals surface area contributed by atoms with Crippen LogP contribution in [0.3, 0.4) is 0 Å². The maximum atomic E-state index is 5.32. The molecule has 2 fully saturated rings. The van der Waals surface area contributed by atoms with Crippen molar-refractivity contribution in [3.05, 3.63) is 0 Å². The molecule has 3 nitrogen and oxygen atoms in total. The largest absolute Gasteiger partial charge is 0.379 e. The first-order chi connectivity index (χ1) is 6.35. The van der Waals surface area contributed by atoms with E-state index in [2.05, 4.69) is 4.90 Å². The van der Waals surface area contributed by atoms with Crippen LogP contribution in [0.5, 0.6) is 0 Å². The van der Waals surface area contributed by atoms with Gasteiger partial charge in [0, 0.05) is 25.0 Å². The molecule has 0 N–H and O–H groups in total. The topological polar surface area (TPSA) is 21.7 Å². The van der Waals surface area contributed by atoms with Gasteiger partial charge >= 0.3 is 0 Å². The summed E-state index contributed by atoms with van der Waals surface area (Å²) < 4.78 is 10.5. The number of morpholine rings is 1. The zero-order valence-corrected chi connectivity index (χ0v) is 9.96. The number of hydrogen-bond acceptors (Lipinski definition) is 3. The Balaban J connectivity index is 1.76. The van der Waals surface area contributed by atoms with Crippen LogP contribution in [0.15, 0.2) is 0 Å². The van der Waals surface area contributed by atoms with Gasteiger partial charge < -0.3 is 7.80 Å². The van der Waals surface area contributed by atoms with Crippen molar-refractivity contribution in [1.82, 2.24) is 4.90 Å². The minimum Gasteiger partial charge on any atom is -0.379 e. The third kappa shape index (κ3) is 2.78. The molecule has 0 aromatic rings. The van der Waals surface area contributed by atoms with E-state index in [-0.39, 0.29) is 0 Å². The lowest BCUT2D eigenvalue weighted by molar-refractivity contribution is 0.0253. The summed E-state index contributed by atoms with van der Waals surface area (Å²) in [6.45, 7) is 6.14. The summed E-state index contributed by atoms with van der Waals surface area (Å²) in [4.78, 5) is 2.51. The fourth-order valence-corrected chi connectivity index (χ4v) is 2.53. The van der Waals surface area contributed by atoms with E-state index >= 15 is 0 Å². The quantitative estimate of drug-likeness (QED) is 0.734. The SMILES string of the molecule is IOCC1(CN2CCOCC2)CC1. The highest BCUT2D eigenvalue weighted by Crippen LogP contribution is 2.46. The molecule has 0 atom stereocenters. The van der Waals surface area contributed by atoms with Crippen LogP contribution in [0.4, 0.5) is 0 Å². The number of nitrogens with zero attached hydrogens (tertiary/aromatic N) is 1. The van der Waals surface area contributed by atoms with Gasteiger partial charge in [0.05, 0.1) is 19.8 Å². The van der Waals surface area contributed by atoms with Crippen molar-refractivity contribution in [1.29, 1.82) is 0 Å². The second kappa shape index (κ2) is 4.42. The molecule has 1 saturated carbocycles. The molecule has 13 heavy (non-hydrogen) atoms. The molecular weight excluding hydrogens is 281 g/mol. The molecule has 0 aromatic carbocycles. The summed E-state index contributed by atoms with van der Waals surface area (Å²) in [5.74, 6) is 0. The van der Waals surface area contributed by atoms with Gasteiger partial charge in [-0.05, 0) is 12.8 Å². The number of ether oxygens (including phenoxy) is 1. The van der Waals surface area contributed by atoms with Crippen LogP contribution in [-0.4, -0.2) is 44.4 Å². The summed E-state index contributed by atoms with van der Waals surface area (Å²) in [7, 11) is 0. The molecule has 2 rings (SSSR count). The van der Waals surface area contributed by atoms with Crippen LogP contribution in [0, 0.1) is 5.41 Å². The molecule has 76 valence electrons. The molecule has 2 aliphatic rings. The fraction of sp³-hybridized carbons (Fsp3) is 1.00. The van der Waals surface area contributed by atoms with Gasteiger partial charge in [-0.15, -0.1) is 0 Å². The predicted octanol–water partition coefficient (Wildman–Crippen LogP) is 1.47. The Morgan fingerprint density at radius 3 is 2.54 bits per heavy atom. The third-order valence-corrected chi connectivity index (χ3v) is 3.29. The molecule has 0 radical (unpaired) electrons. The van der Waals surface area contributed by atoms with Gasteiger partial charge in [0.15, 0.2) is 0 Å². The zero-order chi connectivity index (χ0) is 9.15. The van der Waals surface area contributed by atoms with E-state index in [4.69, 9.17) is 7.80 Å². The van der Waals surface area contributed by atoms with E-state index < -0.39 is 0 Å². The predicted molar refractivity (Wildman–Crippen MR) is 58.9 cm³/mol.